The lowest BCUT2D eigenvalue weighted by Gasteiger charge is -2.25. The van der Waals surface area contributed by atoms with Crippen LogP contribution in [0.15, 0.2) is 29.2 Å². The summed E-state index contributed by atoms with van der Waals surface area (Å²) in [5.41, 5.74) is 0.373. The lowest BCUT2D eigenvalue weighted by atomic mass is 10.1. The number of amides is 3. The molecule has 212 valence electrons. The number of halogens is 1. The van der Waals surface area contributed by atoms with Crippen LogP contribution >= 0.6 is 0 Å². The molecular formula is C27H32FN7O5. The molecule has 1 atom stereocenters. The summed E-state index contributed by atoms with van der Waals surface area (Å²) < 4.78 is 21.4. The molecule has 2 aliphatic heterocycles. The van der Waals surface area contributed by atoms with Crippen LogP contribution in [0, 0.1) is 11.7 Å². The van der Waals surface area contributed by atoms with Gasteiger partial charge in [-0.1, -0.05) is 6.92 Å². The van der Waals surface area contributed by atoms with Crippen molar-refractivity contribution < 1.29 is 23.5 Å². The van der Waals surface area contributed by atoms with Crippen LogP contribution < -0.4 is 10.9 Å². The van der Waals surface area contributed by atoms with E-state index in [0.717, 1.165) is 6.20 Å². The van der Waals surface area contributed by atoms with E-state index in [1.54, 1.807) is 15.9 Å². The Morgan fingerprint density at radius 1 is 1.23 bits per heavy atom. The molecule has 12 nitrogen and oxygen atoms in total. The van der Waals surface area contributed by atoms with E-state index in [1.165, 1.54) is 21.2 Å². The second-order valence-corrected chi connectivity index (χ2v) is 11.2. The second-order valence-electron chi connectivity index (χ2n) is 11.2. The van der Waals surface area contributed by atoms with Gasteiger partial charge in [0.2, 0.25) is 5.91 Å². The number of carbonyl (C=O) groups excluding carboxylic acids is 3. The van der Waals surface area contributed by atoms with Crippen LogP contribution in [0.5, 0.6) is 0 Å². The van der Waals surface area contributed by atoms with E-state index in [-0.39, 0.29) is 48.1 Å². The molecule has 2 aliphatic rings. The molecule has 0 radical (unpaired) electrons. The smallest absolute Gasteiger partial charge is 0.410 e. The van der Waals surface area contributed by atoms with Crippen LogP contribution in [0.1, 0.15) is 55.9 Å². The second kappa shape index (κ2) is 10.4. The van der Waals surface area contributed by atoms with Gasteiger partial charge in [0.15, 0.2) is 0 Å². The molecule has 3 amide bonds. The Balaban J connectivity index is 1.39. The first-order valence-electron chi connectivity index (χ1n) is 13.3. The van der Waals surface area contributed by atoms with Crippen LogP contribution in [0.3, 0.4) is 0 Å². The molecule has 1 saturated heterocycles. The number of aromatic nitrogens is 4. The molecule has 0 aliphatic carbocycles. The van der Waals surface area contributed by atoms with Crippen molar-refractivity contribution in [2.75, 3.05) is 25.0 Å². The van der Waals surface area contributed by atoms with Gasteiger partial charge in [-0.15, -0.1) is 0 Å². The van der Waals surface area contributed by atoms with E-state index in [0.29, 0.717) is 43.8 Å². The molecule has 0 aromatic carbocycles. The first kappa shape index (κ1) is 27.3. The van der Waals surface area contributed by atoms with E-state index in [9.17, 15) is 23.6 Å². The average molecular weight is 554 g/mol. The highest BCUT2D eigenvalue weighted by atomic mass is 19.1. The number of rotatable bonds is 6. The molecule has 1 fully saturated rings. The molecule has 3 aromatic heterocycles. The van der Waals surface area contributed by atoms with Crippen molar-refractivity contribution in [2.45, 2.75) is 59.2 Å². The number of nitrogens with one attached hydrogen (secondary N) is 1. The van der Waals surface area contributed by atoms with E-state index < -0.39 is 22.9 Å². The SMILES string of the molecule is CCc1cc2n(CC(=O)Nc3ccc(F)cn3)c3c(c(=O)n2n1)CN(CC1CCN(C(=O)OC(C)(C)C)C1)C3=O. The molecule has 5 rings (SSSR count). The molecule has 3 aromatic rings. The molecule has 1 N–H and O–H groups in total. The molecule has 0 saturated carbocycles. The molecule has 5 heterocycles. The first-order valence-corrected chi connectivity index (χ1v) is 13.3. The van der Waals surface area contributed by atoms with Gasteiger partial charge >= 0.3 is 6.09 Å². The van der Waals surface area contributed by atoms with Gasteiger partial charge in [0.1, 0.15) is 35.1 Å². The normalized spacial score (nSPS) is 17.0. The predicted octanol–water partition coefficient (Wildman–Crippen LogP) is 2.44. The van der Waals surface area contributed by atoms with E-state index >= 15 is 0 Å². The Morgan fingerprint density at radius 2 is 2.00 bits per heavy atom. The van der Waals surface area contributed by atoms with Gasteiger partial charge in [-0.3, -0.25) is 14.4 Å². The fourth-order valence-corrected chi connectivity index (χ4v) is 5.11. The Hall–Kier alpha value is -4.29. The number of likely N-dealkylation sites (tertiary alicyclic amines) is 1. The van der Waals surface area contributed by atoms with Gasteiger partial charge in [0.05, 0.1) is 24.0 Å². The maximum Gasteiger partial charge on any atom is 0.410 e. The summed E-state index contributed by atoms with van der Waals surface area (Å²) in [5, 5.41) is 7.00. The number of ether oxygens (including phenoxy) is 1. The van der Waals surface area contributed by atoms with E-state index in [4.69, 9.17) is 4.74 Å². The third-order valence-electron chi connectivity index (χ3n) is 6.94. The van der Waals surface area contributed by atoms with Crippen LogP contribution in [0.2, 0.25) is 0 Å². The molecule has 0 spiro atoms. The average Bonchev–Trinajstić information content (AvgIpc) is 3.61. The van der Waals surface area contributed by atoms with Gasteiger partial charge in [-0.05, 0) is 51.7 Å². The lowest BCUT2D eigenvalue weighted by Crippen LogP contribution is -2.37. The third-order valence-corrected chi connectivity index (χ3v) is 6.94. The zero-order chi connectivity index (χ0) is 28.8. The number of aryl methyl sites for hydroxylation is 1. The minimum absolute atomic E-state index is 0.0120. The van der Waals surface area contributed by atoms with Gasteiger partial charge in [-0.2, -0.15) is 9.61 Å². The van der Waals surface area contributed by atoms with E-state index in [2.05, 4.69) is 15.4 Å². The van der Waals surface area contributed by atoms with Crippen LogP contribution in [0.4, 0.5) is 15.0 Å². The number of hydrogen-bond acceptors (Lipinski definition) is 7. The summed E-state index contributed by atoms with van der Waals surface area (Å²) in [6, 6.07) is 4.20. The highest BCUT2D eigenvalue weighted by molar-refractivity contribution is 5.98. The van der Waals surface area contributed by atoms with Crippen LogP contribution in [0.25, 0.3) is 5.65 Å². The summed E-state index contributed by atoms with van der Waals surface area (Å²) in [6.07, 6.45) is 1.86. The Kier molecular flexibility index (Phi) is 7.06. The van der Waals surface area contributed by atoms with Gasteiger partial charge in [-0.25, -0.2) is 14.2 Å². The maximum absolute atomic E-state index is 13.7. The fraction of sp³-hybridized carbons (Fsp3) is 0.481. The van der Waals surface area contributed by atoms with Crippen molar-refractivity contribution in [1.82, 2.24) is 29.0 Å². The van der Waals surface area contributed by atoms with Crippen molar-refractivity contribution in [3.05, 3.63) is 57.5 Å². The van der Waals surface area contributed by atoms with Gasteiger partial charge < -0.3 is 24.4 Å². The van der Waals surface area contributed by atoms with Gasteiger partial charge in [0.25, 0.3) is 11.5 Å². The van der Waals surface area contributed by atoms with E-state index in [1.807, 2.05) is 27.7 Å². The Labute approximate surface area is 229 Å². The minimum Gasteiger partial charge on any atom is -0.444 e. The quantitative estimate of drug-likeness (QED) is 0.496. The Morgan fingerprint density at radius 3 is 2.67 bits per heavy atom. The monoisotopic (exact) mass is 553 g/mol. The number of fused-ring (bicyclic) bond motifs is 2. The number of nitrogens with zero attached hydrogens (tertiary/aromatic N) is 6. The zero-order valence-electron chi connectivity index (χ0n) is 22.9. The fourth-order valence-electron chi connectivity index (χ4n) is 5.11. The summed E-state index contributed by atoms with van der Waals surface area (Å²) in [7, 11) is 0. The van der Waals surface area contributed by atoms with Crippen molar-refractivity contribution >= 4 is 29.4 Å². The zero-order valence-corrected chi connectivity index (χ0v) is 22.9. The van der Waals surface area contributed by atoms with Crippen LogP contribution in [-0.2, 0) is 29.0 Å². The minimum atomic E-state index is -0.603. The summed E-state index contributed by atoms with van der Waals surface area (Å²) in [5.74, 6) is -1.23. The summed E-state index contributed by atoms with van der Waals surface area (Å²) in [6.45, 7) is 8.43. The third kappa shape index (κ3) is 5.40. The van der Waals surface area contributed by atoms with Crippen molar-refractivity contribution in [3.63, 3.8) is 0 Å². The topological polar surface area (TPSA) is 131 Å². The molecular weight excluding hydrogens is 521 g/mol. The van der Waals surface area contributed by atoms with Crippen LogP contribution in [-0.4, -0.2) is 72.1 Å². The number of carbonyl (C=O) groups is 3. The van der Waals surface area contributed by atoms with Crippen molar-refractivity contribution in [3.8, 4) is 0 Å². The molecule has 40 heavy (non-hydrogen) atoms. The predicted molar refractivity (Wildman–Crippen MR) is 142 cm³/mol. The number of anilines is 1. The maximum atomic E-state index is 13.7. The molecule has 13 heteroatoms. The summed E-state index contributed by atoms with van der Waals surface area (Å²) >= 11 is 0. The summed E-state index contributed by atoms with van der Waals surface area (Å²) in [4.78, 5) is 59.7. The number of pyridine rings is 1. The van der Waals surface area contributed by atoms with Crippen molar-refractivity contribution in [2.24, 2.45) is 5.92 Å². The molecule has 1 unspecified atom stereocenters. The standard InChI is InChI=1S/C27H32FN7O5/c1-5-18-10-22-34(15-21(36)30-20-7-6-17(28)11-29-20)23-19(24(37)35(22)31-18)14-33(25(23)38)13-16-8-9-32(12-16)26(39)40-27(2,3)4/h6-7,10-11,16H,5,8-9,12-15H2,1-4H3,(H,29,30,36). The molecule has 0 bridgehead atoms. The van der Waals surface area contributed by atoms with Gasteiger partial charge in [0, 0.05) is 25.7 Å². The first-order chi connectivity index (χ1) is 18.9. The largest absolute Gasteiger partial charge is 0.444 e. The number of hydrogen-bond donors (Lipinski definition) is 1. The van der Waals surface area contributed by atoms with Crippen molar-refractivity contribution in [1.29, 1.82) is 0 Å². The highest BCUT2D eigenvalue weighted by Gasteiger charge is 2.38. The highest BCUT2D eigenvalue weighted by Crippen LogP contribution is 2.27. The lowest BCUT2D eigenvalue weighted by molar-refractivity contribution is -0.116. The Bertz CT molecular complexity index is 1540.